The van der Waals surface area contributed by atoms with Crippen LogP contribution in [0.5, 0.6) is 5.88 Å². The number of piperazine rings is 1. The molecule has 0 unspecified atom stereocenters. The number of rotatable bonds is 4. The minimum atomic E-state index is -0.0403. The summed E-state index contributed by atoms with van der Waals surface area (Å²) in [5.74, 6) is 0.374. The lowest BCUT2D eigenvalue weighted by molar-refractivity contribution is 0.0455. The number of carbonyl (C=O) groups is 1. The SMILES string of the molecule is Cc1cc(C#N)ccc1-c1cnn(-c2ccc(C(=O)N3CCN(C4CCC4)CC3)cn2)c1O. The van der Waals surface area contributed by atoms with Gasteiger partial charge >= 0.3 is 0 Å². The molecule has 3 heterocycles. The van der Waals surface area contributed by atoms with Crippen LogP contribution in [0.25, 0.3) is 16.9 Å². The van der Waals surface area contributed by atoms with Gasteiger partial charge in [-0.25, -0.2) is 4.98 Å². The molecule has 0 atom stereocenters. The lowest BCUT2D eigenvalue weighted by Gasteiger charge is -2.42. The zero-order valence-corrected chi connectivity index (χ0v) is 18.6. The molecule has 1 saturated carbocycles. The summed E-state index contributed by atoms with van der Waals surface area (Å²) in [6.45, 7) is 5.23. The number of aromatic hydroxyl groups is 1. The summed E-state index contributed by atoms with van der Waals surface area (Å²) in [4.78, 5) is 21.7. The van der Waals surface area contributed by atoms with Crippen molar-refractivity contribution < 1.29 is 9.90 Å². The Hall–Kier alpha value is -3.70. The molecule has 8 heteroatoms. The summed E-state index contributed by atoms with van der Waals surface area (Å²) in [5, 5.41) is 24.1. The van der Waals surface area contributed by atoms with Crippen molar-refractivity contribution in [3.63, 3.8) is 0 Å². The molecule has 168 valence electrons. The van der Waals surface area contributed by atoms with E-state index in [-0.39, 0.29) is 11.8 Å². The molecule has 2 aliphatic rings. The molecule has 33 heavy (non-hydrogen) atoms. The van der Waals surface area contributed by atoms with E-state index in [2.05, 4.69) is 21.1 Å². The largest absolute Gasteiger partial charge is 0.493 e. The molecule has 2 fully saturated rings. The van der Waals surface area contributed by atoms with Gasteiger partial charge in [0.2, 0.25) is 5.88 Å². The van der Waals surface area contributed by atoms with E-state index in [0.29, 0.717) is 28.6 Å². The van der Waals surface area contributed by atoms with E-state index in [4.69, 9.17) is 5.26 Å². The van der Waals surface area contributed by atoms with Crippen molar-refractivity contribution in [2.45, 2.75) is 32.2 Å². The maximum absolute atomic E-state index is 12.9. The Labute approximate surface area is 192 Å². The molecule has 3 aromatic rings. The van der Waals surface area contributed by atoms with Crippen molar-refractivity contribution in [3.05, 3.63) is 59.4 Å². The normalized spacial score (nSPS) is 16.9. The topological polar surface area (TPSA) is 98.3 Å². The number of hydrogen-bond acceptors (Lipinski definition) is 6. The van der Waals surface area contributed by atoms with E-state index in [1.807, 2.05) is 11.8 Å². The predicted molar refractivity (Wildman–Crippen MR) is 123 cm³/mol. The van der Waals surface area contributed by atoms with E-state index in [9.17, 15) is 9.90 Å². The number of nitriles is 1. The van der Waals surface area contributed by atoms with Crippen LogP contribution in [0.1, 0.15) is 40.7 Å². The number of aryl methyl sites for hydroxylation is 1. The molecule has 1 amide bonds. The van der Waals surface area contributed by atoms with Gasteiger partial charge in [-0.3, -0.25) is 9.69 Å². The number of hydrogen-bond donors (Lipinski definition) is 1. The molecule has 1 aromatic carbocycles. The number of benzene rings is 1. The summed E-state index contributed by atoms with van der Waals surface area (Å²) in [6, 6.07) is 11.5. The quantitative estimate of drug-likeness (QED) is 0.667. The summed E-state index contributed by atoms with van der Waals surface area (Å²) in [5.41, 5.74) is 3.32. The molecule has 8 nitrogen and oxygen atoms in total. The fraction of sp³-hybridized carbons (Fsp3) is 0.360. The molecule has 1 N–H and O–H groups in total. The fourth-order valence-corrected chi connectivity index (χ4v) is 4.60. The van der Waals surface area contributed by atoms with Gasteiger partial charge in [-0.1, -0.05) is 12.5 Å². The fourth-order valence-electron chi connectivity index (χ4n) is 4.60. The van der Waals surface area contributed by atoms with Gasteiger partial charge in [-0.2, -0.15) is 15.0 Å². The zero-order chi connectivity index (χ0) is 22.9. The van der Waals surface area contributed by atoms with Crippen molar-refractivity contribution in [1.82, 2.24) is 24.6 Å². The summed E-state index contributed by atoms with van der Waals surface area (Å²) in [6.07, 6.45) is 7.01. The van der Waals surface area contributed by atoms with Crippen molar-refractivity contribution in [2.75, 3.05) is 26.2 Å². The molecule has 1 aliphatic carbocycles. The highest BCUT2D eigenvalue weighted by Crippen LogP contribution is 2.33. The second-order valence-electron chi connectivity index (χ2n) is 8.75. The smallest absolute Gasteiger partial charge is 0.255 e. The number of pyridine rings is 1. The lowest BCUT2D eigenvalue weighted by atomic mass is 9.91. The Kier molecular flexibility index (Phi) is 5.56. The average Bonchev–Trinajstić information content (AvgIpc) is 3.19. The van der Waals surface area contributed by atoms with E-state index in [1.54, 1.807) is 42.7 Å². The Morgan fingerprint density at radius 1 is 1.09 bits per heavy atom. The Morgan fingerprint density at radius 3 is 2.48 bits per heavy atom. The maximum atomic E-state index is 12.9. The third-order valence-corrected chi connectivity index (χ3v) is 6.79. The molecule has 1 aliphatic heterocycles. The molecule has 1 saturated heterocycles. The summed E-state index contributed by atoms with van der Waals surface area (Å²) >= 11 is 0. The minimum absolute atomic E-state index is 0.0131. The highest BCUT2D eigenvalue weighted by Gasteiger charge is 2.29. The molecule has 2 aromatic heterocycles. The van der Waals surface area contributed by atoms with Crippen molar-refractivity contribution in [1.29, 1.82) is 5.26 Å². The Balaban J connectivity index is 1.30. The van der Waals surface area contributed by atoms with E-state index >= 15 is 0 Å². The van der Waals surface area contributed by atoms with Crippen LogP contribution in [0.2, 0.25) is 0 Å². The van der Waals surface area contributed by atoms with Gasteiger partial charge in [0.1, 0.15) is 0 Å². The molecule has 5 rings (SSSR count). The monoisotopic (exact) mass is 442 g/mol. The Bertz CT molecular complexity index is 1210. The van der Waals surface area contributed by atoms with Gasteiger partial charge < -0.3 is 10.0 Å². The van der Waals surface area contributed by atoms with E-state index in [0.717, 1.165) is 37.3 Å². The van der Waals surface area contributed by atoms with E-state index in [1.165, 1.54) is 23.9 Å². The number of carbonyl (C=O) groups excluding carboxylic acids is 1. The average molecular weight is 443 g/mol. The van der Waals surface area contributed by atoms with Crippen LogP contribution in [0.3, 0.4) is 0 Å². The summed E-state index contributed by atoms with van der Waals surface area (Å²) in [7, 11) is 0. The van der Waals surface area contributed by atoms with Crippen molar-refractivity contribution >= 4 is 5.91 Å². The first kappa shape index (κ1) is 21.2. The van der Waals surface area contributed by atoms with Gasteiger partial charge in [0.05, 0.1) is 29.0 Å². The highest BCUT2D eigenvalue weighted by molar-refractivity contribution is 5.94. The highest BCUT2D eigenvalue weighted by atomic mass is 16.3. The van der Waals surface area contributed by atoms with Gasteiger partial charge in [0.25, 0.3) is 5.91 Å². The number of aromatic nitrogens is 3. The molecular weight excluding hydrogens is 416 g/mol. The third-order valence-electron chi connectivity index (χ3n) is 6.79. The van der Waals surface area contributed by atoms with Gasteiger partial charge in [-0.05, 0) is 55.2 Å². The second kappa shape index (κ2) is 8.68. The molecule has 0 bridgehead atoms. The van der Waals surface area contributed by atoms with Crippen molar-refractivity contribution in [2.24, 2.45) is 0 Å². The standard InChI is InChI=1S/C25H26N6O2/c1-17-13-18(14-26)5-7-21(17)22-16-28-31(25(22)33)23-8-6-19(15-27-23)24(32)30-11-9-29(10-12-30)20-3-2-4-20/h5-8,13,15-16,20,33H,2-4,9-12H2,1H3. The first-order valence-corrected chi connectivity index (χ1v) is 11.3. The lowest BCUT2D eigenvalue weighted by Crippen LogP contribution is -2.53. The first-order chi connectivity index (χ1) is 16.0. The van der Waals surface area contributed by atoms with Crippen molar-refractivity contribution in [3.8, 4) is 28.9 Å². The van der Waals surface area contributed by atoms with Crippen LogP contribution in [-0.4, -0.2) is 67.8 Å². The van der Waals surface area contributed by atoms with E-state index < -0.39 is 0 Å². The van der Waals surface area contributed by atoms with Crippen LogP contribution in [0.4, 0.5) is 0 Å². The third kappa shape index (κ3) is 3.96. The van der Waals surface area contributed by atoms with Crippen LogP contribution in [0.15, 0.2) is 42.7 Å². The summed E-state index contributed by atoms with van der Waals surface area (Å²) < 4.78 is 1.35. The minimum Gasteiger partial charge on any atom is -0.493 e. The zero-order valence-electron chi connectivity index (χ0n) is 18.6. The molecule has 0 radical (unpaired) electrons. The van der Waals surface area contributed by atoms with Crippen LogP contribution >= 0.6 is 0 Å². The predicted octanol–water partition coefficient (Wildman–Crippen LogP) is 3.13. The van der Waals surface area contributed by atoms with Crippen LogP contribution < -0.4 is 0 Å². The van der Waals surface area contributed by atoms with Gasteiger partial charge in [0, 0.05) is 38.4 Å². The molecule has 0 spiro atoms. The number of nitrogens with zero attached hydrogens (tertiary/aromatic N) is 6. The van der Waals surface area contributed by atoms with Gasteiger partial charge in [-0.15, -0.1) is 0 Å². The van der Waals surface area contributed by atoms with Crippen LogP contribution in [0, 0.1) is 18.3 Å². The Morgan fingerprint density at radius 2 is 1.88 bits per heavy atom. The van der Waals surface area contributed by atoms with Crippen LogP contribution in [-0.2, 0) is 0 Å². The first-order valence-electron chi connectivity index (χ1n) is 11.3. The number of amides is 1. The maximum Gasteiger partial charge on any atom is 0.255 e. The molecular formula is C25H26N6O2. The van der Waals surface area contributed by atoms with Gasteiger partial charge in [0.15, 0.2) is 5.82 Å². The second-order valence-corrected chi connectivity index (χ2v) is 8.75.